The van der Waals surface area contributed by atoms with Crippen LogP contribution in [0, 0.1) is 22.7 Å². The van der Waals surface area contributed by atoms with E-state index in [2.05, 4.69) is 0 Å². The van der Waals surface area contributed by atoms with Gasteiger partial charge >= 0.3 is 54.1 Å². The molecule has 0 aliphatic rings. The van der Waals surface area contributed by atoms with Gasteiger partial charge in [-0.1, -0.05) is 0 Å². The van der Waals surface area contributed by atoms with Gasteiger partial charge in [-0.3, -0.25) is 0 Å². The van der Waals surface area contributed by atoms with E-state index in [1.807, 2.05) is 12.1 Å². The number of nitrogens with zero attached hydrogens (tertiary/aromatic N) is 2. The molecule has 0 aliphatic carbocycles. The average molecular weight is 148 g/mol. The fourth-order valence-electron chi connectivity index (χ4n) is 0.112. The van der Waals surface area contributed by atoms with Gasteiger partial charge in [-0.15, -0.1) is 0 Å². The standard InChI is InChI=1S/C4H4N2.CHO.K/c5-3-1-2-4-6;1-2;/h1-2H2;1H;. The van der Waals surface area contributed by atoms with Crippen LogP contribution in [0.1, 0.15) is 12.8 Å². The number of nitriles is 2. The van der Waals surface area contributed by atoms with Crippen molar-refractivity contribution in [3.8, 4) is 12.1 Å². The molecule has 42 valence electrons. The van der Waals surface area contributed by atoms with Crippen LogP contribution in [0.25, 0.3) is 0 Å². The summed E-state index contributed by atoms with van der Waals surface area (Å²) < 4.78 is 0.938. The van der Waals surface area contributed by atoms with Gasteiger partial charge in [0.1, 0.15) is 0 Å². The van der Waals surface area contributed by atoms with Crippen molar-refractivity contribution in [2.75, 3.05) is 0 Å². The van der Waals surface area contributed by atoms with Crippen LogP contribution in [-0.4, -0.2) is 49.3 Å². The number of hydrogen-bond acceptors (Lipinski definition) is 3. The van der Waals surface area contributed by atoms with Crippen molar-refractivity contribution in [3.63, 3.8) is 0 Å². The third-order valence-corrected chi connectivity index (χ3v) is 0.349. The summed E-state index contributed by atoms with van der Waals surface area (Å²) in [7, 11) is 0. The Balaban J connectivity index is 0. The van der Waals surface area contributed by atoms with Gasteiger partial charge in [-0.05, 0) is 0 Å². The summed E-state index contributed by atoms with van der Waals surface area (Å²) in [6.07, 6.45) is 0.715. The molecule has 0 aliphatic heterocycles. The number of hydrogen-bond donors (Lipinski definition) is 0. The first-order valence-electron chi connectivity index (χ1n) is 2.47. The van der Waals surface area contributed by atoms with E-state index in [0.717, 1.165) is 0.381 Å². The molecule has 0 N–H and O–H groups in total. The van der Waals surface area contributed by atoms with E-state index in [-0.39, 0.29) is 0 Å². The third kappa shape index (κ3) is 30.3. The summed E-state index contributed by atoms with van der Waals surface area (Å²) in [5.74, 6) is 0. The van der Waals surface area contributed by atoms with Crippen molar-refractivity contribution in [1.82, 2.24) is 0 Å². The Hall–Kier alpha value is 0.286. The minimum atomic E-state index is 0.358. The minimum absolute atomic E-state index is 0.358. The number of carbonyl (C=O) groups excluding carboxylic acids is 1. The zero-order valence-electron chi connectivity index (χ0n) is 5.29. The van der Waals surface area contributed by atoms with Crippen molar-refractivity contribution < 1.29 is 4.79 Å². The molecule has 0 rings (SSSR count). The zero-order valence-corrected chi connectivity index (χ0v) is 8.42. The van der Waals surface area contributed by atoms with Gasteiger partial charge in [-0.2, -0.15) is 10.5 Å². The van der Waals surface area contributed by atoms with Crippen LogP contribution in [0.15, 0.2) is 0 Å². The van der Waals surface area contributed by atoms with Crippen LogP contribution >= 0.6 is 0 Å². The Labute approximate surface area is 88.2 Å². The first-order valence-corrected chi connectivity index (χ1v) is 4.27. The Morgan fingerprint density at radius 3 is 1.67 bits per heavy atom. The third-order valence-electron chi connectivity index (χ3n) is 0.349. The van der Waals surface area contributed by atoms with Crippen molar-refractivity contribution in [1.29, 1.82) is 10.5 Å². The van der Waals surface area contributed by atoms with Gasteiger partial charge in [-0.25, -0.2) is 0 Å². The van der Waals surface area contributed by atoms with Crippen LogP contribution < -0.4 is 0 Å². The molecule has 0 unspecified atom stereocenters. The second-order valence-corrected chi connectivity index (χ2v) is 1.79. The van der Waals surface area contributed by atoms with Crippen molar-refractivity contribution in [2.45, 2.75) is 12.8 Å². The first kappa shape index (κ1) is 12.0. The van der Waals surface area contributed by atoms with Gasteiger partial charge < -0.3 is 0 Å². The molecule has 0 heterocycles. The van der Waals surface area contributed by atoms with Gasteiger partial charge in [0, 0.05) is 12.8 Å². The van der Waals surface area contributed by atoms with Crippen LogP contribution in [0.4, 0.5) is 0 Å². The fourth-order valence-corrected chi connectivity index (χ4v) is 0.112. The quantitative estimate of drug-likeness (QED) is 0.302. The van der Waals surface area contributed by atoms with E-state index in [4.69, 9.17) is 15.3 Å². The molecule has 0 bridgehead atoms. The maximum atomic E-state index is 8.89. The molecule has 0 radical (unpaired) electrons. The average Bonchev–Trinajstić information content (AvgIpc) is 1.86. The molecule has 0 spiro atoms. The first-order chi connectivity index (χ1) is 4.33. The van der Waals surface area contributed by atoms with Crippen LogP contribution in [0.2, 0.25) is 0 Å². The predicted octanol–water partition coefficient (Wildman–Crippen LogP) is 0.159. The second kappa shape index (κ2) is 15.7. The summed E-state index contributed by atoms with van der Waals surface area (Å²) >= 11 is 0.424. The Morgan fingerprint density at radius 1 is 1.33 bits per heavy atom. The normalized spacial score (nSPS) is 5.33. The molecule has 0 aromatic carbocycles. The molecular weight excluding hydrogens is 143 g/mol. The van der Waals surface area contributed by atoms with Gasteiger partial charge in [0.25, 0.3) is 0 Å². The maximum absolute atomic E-state index is 8.89. The summed E-state index contributed by atoms with van der Waals surface area (Å²) in [4.78, 5) is 8.89. The molecule has 3 nitrogen and oxygen atoms in total. The van der Waals surface area contributed by atoms with Crippen LogP contribution in [0.5, 0.6) is 0 Å². The molecule has 0 atom stereocenters. The number of rotatable bonds is 1. The van der Waals surface area contributed by atoms with Crippen LogP contribution in [0.3, 0.4) is 0 Å². The van der Waals surface area contributed by atoms with E-state index < -0.39 is 0 Å². The molecular formula is C5H5KN2O. The number of unbranched alkanes of at least 4 members (excludes halogenated alkanes) is 1. The predicted molar refractivity (Wildman–Crippen MR) is 33.0 cm³/mol. The van der Waals surface area contributed by atoms with Gasteiger partial charge in [0.05, 0.1) is 12.1 Å². The molecule has 0 saturated heterocycles. The molecule has 9 heavy (non-hydrogen) atoms. The summed E-state index contributed by atoms with van der Waals surface area (Å²) in [6.45, 7) is 0. The van der Waals surface area contributed by atoms with Crippen molar-refractivity contribution >= 4 is 49.3 Å². The van der Waals surface area contributed by atoms with E-state index >= 15 is 0 Å². The van der Waals surface area contributed by atoms with Gasteiger partial charge in [0.2, 0.25) is 0 Å². The summed E-state index contributed by atoms with van der Waals surface area (Å²) in [6, 6.07) is 3.69. The molecule has 0 amide bonds. The van der Waals surface area contributed by atoms with E-state index in [1.165, 1.54) is 0 Å². The van der Waals surface area contributed by atoms with E-state index in [0.29, 0.717) is 61.8 Å². The fraction of sp³-hybridized carbons (Fsp3) is 0.400. The topological polar surface area (TPSA) is 64.7 Å². The Kier molecular flexibility index (Phi) is 21.0. The van der Waals surface area contributed by atoms with Crippen LogP contribution in [-0.2, 0) is 4.79 Å². The second-order valence-electron chi connectivity index (χ2n) is 1.05. The zero-order chi connectivity index (χ0) is 7.54. The Bertz CT molecular complexity index is 119. The van der Waals surface area contributed by atoms with Gasteiger partial charge in [0.15, 0.2) is 0 Å². The van der Waals surface area contributed by atoms with E-state index in [9.17, 15) is 0 Å². The van der Waals surface area contributed by atoms with E-state index in [1.54, 1.807) is 0 Å². The van der Waals surface area contributed by atoms with Crippen molar-refractivity contribution in [3.05, 3.63) is 0 Å². The SMILES string of the molecule is N#CCCC#N.O=[CH][K]. The Morgan fingerprint density at radius 2 is 1.56 bits per heavy atom. The van der Waals surface area contributed by atoms with Crippen molar-refractivity contribution in [2.24, 2.45) is 0 Å². The monoisotopic (exact) mass is 148 g/mol. The summed E-state index contributed by atoms with van der Waals surface area (Å²) in [5, 5.41) is 15.6. The molecule has 0 aromatic rings. The number of carbonyl (C=O) groups is 1. The molecule has 0 aromatic heterocycles. The molecule has 0 fully saturated rings. The molecule has 0 saturated carbocycles. The summed E-state index contributed by atoms with van der Waals surface area (Å²) in [5.41, 5.74) is 0. The molecule has 4 heteroatoms.